The molecule has 1 fully saturated rings. The topological polar surface area (TPSA) is 61.5 Å². The van der Waals surface area contributed by atoms with E-state index < -0.39 is 5.54 Å². The Morgan fingerprint density at radius 2 is 2.11 bits per heavy atom. The van der Waals surface area contributed by atoms with Crippen molar-refractivity contribution >= 4 is 5.97 Å². The normalized spacial score (nSPS) is 17.7. The second-order valence-electron chi connectivity index (χ2n) is 5.36. The number of ether oxygens (including phenoxy) is 2. The highest BCUT2D eigenvalue weighted by atomic mass is 16.5. The largest absolute Gasteiger partial charge is 0.491 e. The van der Waals surface area contributed by atoms with Crippen LogP contribution < -0.4 is 10.5 Å². The average Bonchev–Trinajstić information content (AvgIpc) is 3.23. The van der Waals surface area contributed by atoms with Crippen molar-refractivity contribution in [1.82, 2.24) is 0 Å². The maximum absolute atomic E-state index is 11.9. The lowest BCUT2D eigenvalue weighted by Crippen LogP contribution is -2.55. The second-order valence-corrected chi connectivity index (χ2v) is 5.36. The molecule has 2 rings (SSSR count). The SMILES string of the molecule is COC(=O)C(N)(COc1cc(C)ccc1C)C1CC1. The van der Waals surface area contributed by atoms with E-state index >= 15 is 0 Å². The Morgan fingerprint density at radius 1 is 1.42 bits per heavy atom. The van der Waals surface area contributed by atoms with Crippen molar-refractivity contribution in [3.63, 3.8) is 0 Å². The number of aryl methyl sites for hydroxylation is 2. The summed E-state index contributed by atoms with van der Waals surface area (Å²) >= 11 is 0. The molecule has 0 heterocycles. The van der Waals surface area contributed by atoms with Crippen molar-refractivity contribution in [3.05, 3.63) is 29.3 Å². The van der Waals surface area contributed by atoms with Gasteiger partial charge in [-0.2, -0.15) is 0 Å². The van der Waals surface area contributed by atoms with Crippen molar-refractivity contribution in [1.29, 1.82) is 0 Å². The Balaban J connectivity index is 2.11. The van der Waals surface area contributed by atoms with Crippen molar-refractivity contribution in [2.75, 3.05) is 13.7 Å². The minimum Gasteiger partial charge on any atom is -0.491 e. The van der Waals surface area contributed by atoms with Crippen LogP contribution in [0, 0.1) is 19.8 Å². The summed E-state index contributed by atoms with van der Waals surface area (Å²) in [5, 5.41) is 0. The molecule has 0 bridgehead atoms. The number of carbonyl (C=O) groups is 1. The number of carbonyl (C=O) groups excluding carboxylic acids is 1. The van der Waals surface area contributed by atoms with E-state index in [2.05, 4.69) is 0 Å². The van der Waals surface area contributed by atoms with Gasteiger partial charge in [-0.15, -0.1) is 0 Å². The first kappa shape index (κ1) is 13.9. The Kier molecular flexibility index (Phi) is 3.80. The highest BCUT2D eigenvalue weighted by Gasteiger charge is 2.49. The predicted molar refractivity (Wildman–Crippen MR) is 73.1 cm³/mol. The summed E-state index contributed by atoms with van der Waals surface area (Å²) in [6.45, 7) is 4.14. The van der Waals surface area contributed by atoms with Gasteiger partial charge in [0, 0.05) is 0 Å². The van der Waals surface area contributed by atoms with Gasteiger partial charge >= 0.3 is 5.97 Å². The molecule has 0 radical (unpaired) electrons. The van der Waals surface area contributed by atoms with Gasteiger partial charge in [-0.05, 0) is 49.8 Å². The summed E-state index contributed by atoms with van der Waals surface area (Å²) < 4.78 is 10.6. The zero-order chi connectivity index (χ0) is 14.0. The molecule has 1 aromatic carbocycles. The zero-order valence-corrected chi connectivity index (χ0v) is 11.7. The van der Waals surface area contributed by atoms with E-state index in [0.29, 0.717) is 0 Å². The van der Waals surface area contributed by atoms with Crippen LogP contribution in [0.1, 0.15) is 24.0 Å². The Labute approximate surface area is 113 Å². The summed E-state index contributed by atoms with van der Waals surface area (Å²) in [5.41, 5.74) is 7.32. The lowest BCUT2D eigenvalue weighted by atomic mass is 9.96. The minimum absolute atomic E-state index is 0.161. The molecule has 0 aliphatic heterocycles. The third-order valence-corrected chi connectivity index (χ3v) is 3.68. The average molecular weight is 263 g/mol. The first-order chi connectivity index (χ1) is 8.97. The summed E-state index contributed by atoms with van der Waals surface area (Å²) in [6, 6.07) is 5.98. The molecule has 2 N–H and O–H groups in total. The molecule has 1 atom stereocenters. The molecule has 1 aliphatic rings. The van der Waals surface area contributed by atoms with E-state index in [0.717, 1.165) is 29.7 Å². The lowest BCUT2D eigenvalue weighted by molar-refractivity contribution is -0.149. The summed E-state index contributed by atoms with van der Waals surface area (Å²) in [7, 11) is 1.37. The molecule has 104 valence electrons. The Morgan fingerprint density at radius 3 is 2.68 bits per heavy atom. The van der Waals surface area contributed by atoms with Gasteiger partial charge in [0.2, 0.25) is 0 Å². The van der Waals surface area contributed by atoms with E-state index in [4.69, 9.17) is 15.2 Å². The molecule has 4 heteroatoms. The summed E-state index contributed by atoms with van der Waals surface area (Å²) in [4.78, 5) is 11.9. The van der Waals surface area contributed by atoms with Gasteiger partial charge in [0.15, 0.2) is 5.54 Å². The number of methoxy groups -OCH3 is 1. The van der Waals surface area contributed by atoms with Crippen LogP contribution in [0.4, 0.5) is 0 Å². The van der Waals surface area contributed by atoms with Gasteiger partial charge in [0.05, 0.1) is 7.11 Å². The van der Waals surface area contributed by atoms with Crippen molar-refractivity contribution in [3.8, 4) is 5.75 Å². The van der Waals surface area contributed by atoms with Crippen LogP contribution in [0.15, 0.2) is 18.2 Å². The second kappa shape index (κ2) is 5.21. The number of hydrogen-bond donors (Lipinski definition) is 1. The minimum atomic E-state index is -1.02. The van der Waals surface area contributed by atoms with Crippen molar-refractivity contribution in [2.45, 2.75) is 32.2 Å². The van der Waals surface area contributed by atoms with Crippen LogP contribution in [0.2, 0.25) is 0 Å². The Hall–Kier alpha value is -1.55. The maximum atomic E-state index is 11.9. The quantitative estimate of drug-likeness (QED) is 0.825. The number of benzene rings is 1. The molecule has 0 amide bonds. The molecule has 1 aliphatic carbocycles. The molecular formula is C15H21NO3. The molecule has 4 nitrogen and oxygen atoms in total. The molecule has 1 unspecified atom stereocenters. The van der Waals surface area contributed by atoms with Crippen LogP contribution in [-0.4, -0.2) is 25.2 Å². The number of rotatable bonds is 5. The van der Waals surface area contributed by atoms with Crippen LogP contribution in [0.25, 0.3) is 0 Å². The molecule has 0 saturated heterocycles. The van der Waals surface area contributed by atoms with Crippen LogP contribution in [0.5, 0.6) is 5.75 Å². The highest BCUT2D eigenvalue weighted by molar-refractivity contribution is 5.81. The molecule has 1 saturated carbocycles. The first-order valence-corrected chi connectivity index (χ1v) is 6.54. The van der Waals surface area contributed by atoms with Gasteiger partial charge in [0.25, 0.3) is 0 Å². The van der Waals surface area contributed by atoms with Crippen LogP contribution in [-0.2, 0) is 9.53 Å². The maximum Gasteiger partial charge on any atom is 0.329 e. The van der Waals surface area contributed by atoms with Crippen molar-refractivity contribution < 1.29 is 14.3 Å². The molecule has 0 aromatic heterocycles. The van der Waals surface area contributed by atoms with Gasteiger partial charge in [0.1, 0.15) is 12.4 Å². The fraction of sp³-hybridized carbons (Fsp3) is 0.533. The van der Waals surface area contributed by atoms with Crippen LogP contribution in [0.3, 0.4) is 0 Å². The molecular weight excluding hydrogens is 242 g/mol. The van der Waals surface area contributed by atoms with E-state index in [1.807, 2.05) is 32.0 Å². The summed E-state index contributed by atoms with van der Waals surface area (Å²) in [5.74, 6) is 0.560. The standard InChI is InChI=1S/C15H21NO3/c1-10-4-5-11(2)13(8-10)19-9-15(16,12-6-7-12)14(17)18-3/h4-5,8,12H,6-7,9,16H2,1-3H3. The monoisotopic (exact) mass is 263 g/mol. The van der Waals surface area contributed by atoms with E-state index in [1.165, 1.54) is 7.11 Å². The molecule has 0 spiro atoms. The zero-order valence-electron chi connectivity index (χ0n) is 11.7. The number of hydrogen-bond acceptors (Lipinski definition) is 4. The van der Waals surface area contributed by atoms with Crippen molar-refractivity contribution in [2.24, 2.45) is 11.7 Å². The Bertz CT molecular complexity index is 482. The van der Waals surface area contributed by atoms with E-state index in [9.17, 15) is 4.79 Å². The van der Waals surface area contributed by atoms with Gasteiger partial charge in [-0.3, -0.25) is 0 Å². The first-order valence-electron chi connectivity index (χ1n) is 6.54. The van der Waals surface area contributed by atoms with Gasteiger partial charge < -0.3 is 15.2 Å². The van der Waals surface area contributed by atoms with E-state index in [-0.39, 0.29) is 18.5 Å². The molecule has 19 heavy (non-hydrogen) atoms. The number of esters is 1. The predicted octanol–water partition coefficient (Wildman–Crippen LogP) is 1.96. The van der Waals surface area contributed by atoms with Gasteiger partial charge in [-0.1, -0.05) is 12.1 Å². The van der Waals surface area contributed by atoms with Gasteiger partial charge in [-0.25, -0.2) is 4.79 Å². The van der Waals surface area contributed by atoms with Crippen LogP contribution >= 0.6 is 0 Å². The van der Waals surface area contributed by atoms with E-state index in [1.54, 1.807) is 0 Å². The smallest absolute Gasteiger partial charge is 0.329 e. The lowest BCUT2D eigenvalue weighted by Gasteiger charge is -2.26. The molecule has 1 aromatic rings. The number of nitrogens with two attached hydrogens (primary N) is 1. The fourth-order valence-corrected chi connectivity index (χ4v) is 2.19. The fourth-order valence-electron chi connectivity index (χ4n) is 2.19. The highest BCUT2D eigenvalue weighted by Crippen LogP contribution is 2.39. The third-order valence-electron chi connectivity index (χ3n) is 3.68. The third kappa shape index (κ3) is 2.89. The summed E-state index contributed by atoms with van der Waals surface area (Å²) in [6.07, 6.45) is 1.92.